The number of rotatable bonds is 1. The van der Waals surface area contributed by atoms with Crippen molar-refractivity contribution in [2.45, 2.75) is 40.5 Å². The number of benzene rings is 3. The van der Waals surface area contributed by atoms with Crippen LogP contribution in [0.1, 0.15) is 55.0 Å². The standard InChI is InChI=1S/C13H14O2.C13H12O2/c2*1-8-5-10-3-4-11(7-14)13(15)12(10)6-9(8)2/h5-7,14H,3-4H2,1-2H3;3-7,15H,1-2H3. The number of aliphatic hydroxyl groups is 1. The maximum absolute atomic E-state index is 11.9. The van der Waals surface area contributed by atoms with Crippen molar-refractivity contribution in [2.75, 3.05) is 0 Å². The molecular formula is C26H26O4. The highest BCUT2D eigenvalue weighted by Gasteiger charge is 2.22. The summed E-state index contributed by atoms with van der Waals surface area (Å²) in [6.07, 6.45) is 3.10. The molecular weight excluding hydrogens is 376 g/mol. The Morgan fingerprint density at radius 3 is 2.17 bits per heavy atom. The Bertz CT molecular complexity index is 1190. The fraction of sp³-hybridized carbons (Fsp3) is 0.231. The van der Waals surface area contributed by atoms with Crippen LogP contribution in [0, 0.1) is 27.7 Å². The lowest BCUT2D eigenvalue weighted by atomic mass is 9.85. The SMILES string of the molecule is Cc1cc2c(cc1C)C(=O)C(=CO)CC2.Cc1cc2ccc(C=O)c(O)c2cc1C. The number of aryl methyl sites for hydroxylation is 5. The summed E-state index contributed by atoms with van der Waals surface area (Å²) in [6, 6.07) is 11.4. The number of phenolic OH excluding ortho intramolecular Hbond substituents is 1. The second kappa shape index (κ2) is 8.54. The van der Waals surface area contributed by atoms with Crippen LogP contribution in [0.3, 0.4) is 0 Å². The van der Waals surface area contributed by atoms with Crippen LogP contribution in [0.5, 0.6) is 5.75 Å². The zero-order chi connectivity index (χ0) is 22.0. The van der Waals surface area contributed by atoms with Gasteiger partial charge in [-0.1, -0.05) is 18.2 Å². The van der Waals surface area contributed by atoms with Gasteiger partial charge in [0.15, 0.2) is 12.1 Å². The van der Waals surface area contributed by atoms with E-state index in [0.29, 0.717) is 23.8 Å². The Hall–Kier alpha value is -3.40. The molecule has 154 valence electrons. The number of fused-ring (bicyclic) bond motifs is 2. The van der Waals surface area contributed by atoms with E-state index in [1.165, 1.54) is 11.1 Å². The Labute approximate surface area is 176 Å². The molecule has 0 aliphatic heterocycles. The molecule has 0 spiro atoms. The van der Waals surface area contributed by atoms with E-state index in [1.54, 1.807) is 6.07 Å². The summed E-state index contributed by atoms with van der Waals surface area (Å²) in [5.41, 5.74) is 7.36. The lowest BCUT2D eigenvalue weighted by Crippen LogP contribution is -2.14. The minimum absolute atomic E-state index is 0.0261. The highest BCUT2D eigenvalue weighted by Crippen LogP contribution is 2.30. The number of aldehydes is 1. The summed E-state index contributed by atoms with van der Waals surface area (Å²) >= 11 is 0. The van der Waals surface area contributed by atoms with Crippen molar-refractivity contribution in [3.63, 3.8) is 0 Å². The first-order chi connectivity index (χ1) is 14.3. The maximum atomic E-state index is 11.9. The normalized spacial score (nSPS) is 14.3. The molecule has 0 radical (unpaired) electrons. The molecule has 0 saturated heterocycles. The van der Waals surface area contributed by atoms with E-state index in [-0.39, 0.29) is 11.5 Å². The van der Waals surface area contributed by atoms with Crippen LogP contribution in [-0.4, -0.2) is 22.3 Å². The van der Waals surface area contributed by atoms with Crippen LogP contribution >= 0.6 is 0 Å². The van der Waals surface area contributed by atoms with Gasteiger partial charge >= 0.3 is 0 Å². The fourth-order valence-corrected chi connectivity index (χ4v) is 3.66. The molecule has 3 aromatic rings. The van der Waals surface area contributed by atoms with Gasteiger partial charge in [-0.15, -0.1) is 0 Å². The zero-order valence-corrected chi connectivity index (χ0v) is 17.7. The molecule has 0 bridgehead atoms. The van der Waals surface area contributed by atoms with E-state index in [1.807, 2.05) is 45.0 Å². The molecule has 0 fully saturated rings. The van der Waals surface area contributed by atoms with Gasteiger partial charge < -0.3 is 10.2 Å². The number of ketones is 1. The van der Waals surface area contributed by atoms with E-state index < -0.39 is 0 Å². The molecule has 0 heterocycles. The van der Waals surface area contributed by atoms with Crippen molar-refractivity contribution in [3.05, 3.63) is 87.2 Å². The minimum Gasteiger partial charge on any atom is -0.515 e. The molecule has 4 rings (SSSR count). The van der Waals surface area contributed by atoms with Gasteiger partial charge in [0.05, 0.1) is 11.8 Å². The molecule has 3 aromatic carbocycles. The number of phenols is 1. The van der Waals surface area contributed by atoms with Crippen LogP contribution in [-0.2, 0) is 6.42 Å². The molecule has 1 aliphatic carbocycles. The summed E-state index contributed by atoms with van der Waals surface area (Å²) in [5, 5.41) is 20.5. The molecule has 4 nitrogen and oxygen atoms in total. The number of aromatic hydroxyl groups is 1. The van der Waals surface area contributed by atoms with Gasteiger partial charge in [-0.2, -0.15) is 0 Å². The van der Waals surface area contributed by atoms with Gasteiger partial charge in [-0.05, 0) is 91.9 Å². The summed E-state index contributed by atoms with van der Waals surface area (Å²) in [5.74, 6) is 0.0486. The third-order valence-corrected chi connectivity index (χ3v) is 5.84. The third-order valence-electron chi connectivity index (χ3n) is 5.84. The average molecular weight is 402 g/mol. The summed E-state index contributed by atoms with van der Waals surface area (Å²) in [7, 11) is 0. The van der Waals surface area contributed by atoms with E-state index >= 15 is 0 Å². The number of allylic oxidation sites excluding steroid dienone is 1. The van der Waals surface area contributed by atoms with Crippen molar-refractivity contribution in [2.24, 2.45) is 0 Å². The molecule has 2 N–H and O–H groups in total. The minimum atomic E-state index is -0.0261. The van der Waals surface area contributed by atoms with Crippen molar-refractivity contribution in [1.82, 2.24) is 0 Å². The highest BCUT2D eigenvalue weighted by molar-refractivity contribution is 6.10. The van der Waals surface area contributed by atoms with Crippen molar-refractivity contribution < 1.29 is 19.8 Å². The number of Topliss-reactive ketones (excluding diaryl/α,β-unsaturated/α-hetero) is 1. The lowest BCUT2D eigenvalue weighted by Gasteiger charge is -2.18. The first-order valence-electron chi connectivity index (χ1n) is 9.93. The highest BCUT2D eigenvalue weighted by atomic mass is 16.3. The Morgan fingerprint density at radius 1 is 0.867 bits per heavy atom. The lowest BCUT2D eigenvalue weighted by molar-refractivity contribution is 0.102. The summed E-state index contributed by atoms with van der Waals surface area (Å²) < 4.78 is 0. The van der Waals surface area contributed by atoms with Crippen LogP contribution in [0.25, 0.3) is 10.8 Å². The molecule has 0 unspecified atom stereocenters. The van der Waals surface area contributed by atoms with Crippen LogP contribution in [0.4, 0.5) is 0 Å². The fourth-order valence-electron chi connectivity index (χ4n) is 3.66. The van der Waals surface area contributed by atoms with E-state index in [0.717, 1.165) is 45.7 Å². The number of carbonyl (C=O) groups is 2. The summed E-state index contributed by atoms with van der Waals surface area (Å²) in [4.78, 5) is 22.5. The zero-order valence-electron chi connectivity index (χ0n) is 17.7. The van der Waals surface area contributed by atoms with Gasteiger partial charge in [-0.25, -0.2) is 0 Å². The molecule has 0 atom stereocenters. The van der Waals surface area contributed by atoms with Crippen LogP contribution < -0.4 is 0 Å². The molecule has 0 amide bonds. The van der Waals surface area contributed by atoms with Crippen LogP contribution in [0.2, 0.25) is 0 Å². The van der Waals surface area contributed by atoms with E-state index in [2.05, 4.69) is 13.0 Å². The first kappa shape index (κ1) is 21.3. The largest absolute Gasteiger partial charge is 0.515 e. The number of carbonyl (C=O) groups excluding carboxylic acids is 2. The second-order valence-corrected chi connectivity index (χ2v) is 7.86. The average Bonchev–Trinajstić information content (AvgIpc) is 2.72. The number of hydrogen-bond acceptors (Lipinski definition) is 4. The van der Waals surface area contributed by atoms with Crippen molar-refractivity contribution in [3.8, 4) is 5.75 Å². The monoisotopic (exact) mass is 402 g/mol. The van der Waals surface area contributed by atoms with Gasteiger partial charge in [0.2, 0.25) is 0 Å². The summed E-state index contributed by atoms with van der Waals surface area (Å²) in [6.45, 7) is 8.07. The number of hydrogen-bond donors (Lipinski definition) is 2. The predicted molar refractivity (Wildman–Crippen MR) is 120 cm³/mol. The third kappa shape index (κ3) is 3.99. The van der Waals surface area contributed by atoms with Crippen LogP contribution in [0.15, 0.2) is 48.2 Å². The number of aliphatic hydroxyl groups excluding tert-OH is 1. The van der Waals surface area contributed by atoms with E-state index in [4.69, 9.17) is 5.11 Å². The smallest absolute Gasteiger partial charge is 0.192 e. The Kier molecular flexibility index (Phi) is 6.06. The predicted octanol–water partition coefficient (Wildman–Crippen LogP) is 5.85. The van der Waals surface area contributed by atoms with Gasteiger partial charge in [0.1, 0.15) is 5.75 Å². The van der Waals surface area contributed by atoms with Crippen molar-refractivity contribution in [1.29, 1.82) is 0 Å². The molecule has 0 saturated carbocycles. The molecule has 4 heteroatoms. The van der Waals surface area contributed by atoms with Gasteiger partial charge in [0, 0.05) is 16.5 Å². The molecule has 0 aromatic heterocycles. The Morgan fingerprint density at radius 2 is 1.50 bits per heavy atom. The topological polar surface area (TPSA) is 74.6 Å². The Balaban J connectivity index is 0.000000171. The molecule has 1 aliphatic rings. The van der Waals surface area contributed by atoms with Gasteiger partial charge in [0.25, 0.3) is 0 Å². The molecule has 30 heavy (non-hydrogen) atoms. The second-order valence-electron chi connectivity index (χ2n) is 7.86. The maximum Gasteiger partial charge on any atom is 0.192 e. The van der Waals surface area contributed by atoms with E-state index in [9.17, 15) is 14.7 Å². The van der Waals surface area contributed by atoms with Gasteiger partial charge in [-0.3, -0.25) is 9.59 Å². The van der Waals surface area contributed by atoms with Crippen molar-refractivity contribution >= 4 is 22.8 Å². The first-order valence-corrected chi connectivity index (χ1v) is 9.93. The quantitative estimate of drug-likeness (QED) is 0.304.